The summed E-state index contributed by atoms with van der Waals surface area (Å²) < 4.78 is 223. The van der Waals surface area contributed by atoms with Crippen LogP contribution in [-0.4, -0.2) is 74.3 Å². The second kappa shape index (κ2) is 9.58. The van der Waals surface area contributed by atoms with E-state index < -0.39 is 71.3 Å². The van der Waals surface area contributed by atoms with Crippen LogP contribution in [0.15, 0.2) is 0 Å². The zero-order valence-corrected chi connectivity index (χ0v) is 17.8. The van der Waals surface area contributed by atoms with Crippen LogP contribution >= 0.6 is 24.6 Å². The van der Waals surface area contributed by atoms with Crippen LogP contribution in [0.3, 0.4) is 0 Å². The topological polar surface area (TPSA) is 40.5 Å². The van der Waals surface area contributed by atoms with Crippen molar-refractivity contribution in [2.45, 2.75) is 66.4 Å². The fraction of sp³-hybridized carbons (Fsp3) is 0.923. The summed E-state index contributed by atoms with van der Waals surface area (Å²) in [4.78, 5) is 10.5. The lowest BCUT2D eigenvalue weighted by Gasteiger charge is -2.42. The van der Waals surface area contributed by atoms with Crippen LogP contribution in [0.4, 0.5) is 79.4 Å². The highest BCUT2D eigenvalue weighted by atomic mass is 32.2. The zero-order chi connectivity index (χ0) is 28.9. The lowest BCUT2D eigenvalue weighted by Crippen LogP contribution is -2.74. The Hall–Kier alpha value is -1.22. The molecule has 22 heteroatoms. The van der Waals surface area contributed by atoms with Gasteiger partial charge >= 0.3 is 53.7 Å². The number of hydrogen-bond acceptors (Lipinski definition) is 3. The standard InChI is InChI=1S/C13H10F17NO2S2/c1-4(31(34)5(32)33)35-3-2-6(14,15)7(16,17)8(18,19)9(20,21)10(22,23)11(24,25)12(26,27)13(28,29)30/h4,34H,2-3H2,1H3,(H,32,33). The van der Waals surface area contributed by atoms with E-state index in [-0.39, 0.29) is 16.1 Å². The molecule has 0 aromatic rings. The lowest BCUT2D eigenvalue weighted by atomic mass is 9.88. The van der Waals surface area contributed by atoms with Gasteiger partial charge in [-0.15, -0.1) is 11.8 Å². The molecule has 0 bridgehead atoms. The third kappa shape index (κ3) is 5.27. The Morgan fingerprint density at radius 3 is 1.34 bits per heavy atom. The van der Waals surface area contributed by atoms with Gasteiger partial charge in [0.25, 0.3) is 0 Å². The van der Waals surface area contributed by atoms with Gasteiger partial charge < -0.3 is 5.11 Å². The number of carboxylic acid groups (broad SMARTS) is 1. The first kappa shape index (κ1) is 33.8. The Labute approximate surface area is 192 Å². The third-order valence-corrected chi connectivity index (χ3v) is 5.91. The number of carbonyl (C=O) groups is 1. The maximum absolute atomic E-state index is 13.7. The SMILES string of the molecule is CC(SCCC(F)(F)C(F)(F)C(F)(F)C(F)(F)C(F)(F)C(F)(F)C(F)(F)C(F)(F)F)N(S)C(=O)O. The van der Waals surface area contributed by atoms with Crippen molar-refractivity contribution in [3.63, 3.8) is 0 Å². The van der Waals surface area contributed by atoms with Gasteiger partial charge in [-0.3, -0.25) is 0 Å². The minimum Gasteiger partial charge on any atom is -0.464 e. The molecule has 0 rings (SSSR count). The number of alkyl halides is 17. The molecule has 0 heterocycles. The maximum Gasteiger partial charge on any atom is 0.460 e. The Morgan fingerprint density at radius 2 is 1.03 bits per heavy atom. The molecule has 3 nitrogen and oxygen atoms in total. The number of rotatable bonds is 11. The van der Waals surface area contributed by atoms with Crippen LogP contribution in [0, 0.1) is 0 Å². The molecule has 35 heavy (non-hydrogen) atoms. The first-order chi connectivity index (χ1) is 15.0. The molecular weight excluding hydrogens is 589 g/mol. The van der Waals surface area contributed by atoms with Crippen molar-refractivity contribution >= 4 is 30.7 Å². The summed E-state index contributed by atoms with van der Waals surface area (Å²) >= 11 is 3.19. The molecule has 0 saturated carbocycles. The summed E-state index contributed by atoms with van der Waals surface area (Å²) in [6, 6.07) is 0. The normalized spacial score (nSPS) is 16.3. The van der Waals surface area contributed by atoms with Gasteiger partial charge in [0.05, 0.1) is 5.37 Å². The highest BCUT2D eigenvalue weighted by Gasteiger charge is 2.95. The maximum atomic E-state index is 13.7. The Morgan fingerprint density at radius 1 is 0.714 bits per heavy atom. The fourth-order valence-electron chi connectivity index (χ4n) is 1.94. The Bertz CT molecular complexity index is 770. The predicted molar refractivity (Wildman–Crippen MR) is 86.1 cm³/mol. The molecule has 0 aromatic heterocycles. The first-order valence-electron chi connectivity index (χ1n) is 8.03. The van der Waals surface area contributed by atoms with E-state index in [1.807, 2.05) is 0 Å². The van der Waals surface area contributed by atoms with Gasteiger partial charge in [-0.05, 0) is 6.92 Å². The number of hydrogen-bond donors (Lipinski definition) is 2. The number of halogens is 17. The second-order valence-corrected chi connectivity index (χ2v) is 8.35. The minimum atomic E-state index is -8.67. The van der Waals surface area contributed by atoms with Crippen molar-refractivity contribution < 1.29 is 84.5 Å². The van der Waals surface area contributed by atoms with Crippen LogP contribution in [0.25, 0.3) is 0 Å². The molecule has 1 atom stereocenters. The number of nitrogens with zero attached hydrogens (tertiary/aromatic N) is 1. The molecule has 210 valence electrons. The third-order valence-electron chi connectivity index (χ3n) is 4.10. The fourth-order valence-corrected chi connectivity index (χ4v) is 3.08. The van der Waals surface area contributed by atoms with E-state index in [1.165, 1.54) is 0 Å². The van der Waals surface area contributed by atoms with Crippen molar-refractivity contribution in [1.29, 1.82) is 0 Å². The molecule has 0 radical (unpaired) electrons. The lowest BCUT2D eigenvalue weighted by molar-refractivity contribution is -0.461. The summed E-state index contributed by atoms with van der Waals surface area (Å²) in [5.74, 6) is -58.1. The van der Waals surface area contributed by atoms with Crippen LogP contribution in [-0.2, 0) is 0 Å². The van der Waals surface area contributed by atoms with Crippen LogP contribution in [0.2, 0.25) is 0 Å². The van der Waals surface area contributed by atoms with Crippen molar-refractivity contribution in [1.82, 2.24) is 4.31 Å². The van der Waals surface area contributed by atoms with Gasteiger partial charge in [-0.1, -0.05) is 12.8 Å². The number of thioether (sulfide) groups is 1. The van der Waals surface area contributed by atoms with Gasteiger partial charge in [-0.25, -0.2) is 9.10 Å². The molecule has 0 aliphatic carbocycles. The Kier molecular flexibility index (Phi) is 9.25. The minimum absolute atomic E-state index is 0.0488. The summed E-state index contributed by atoms with van der Waals surface area (Å²) in [7, 11) is 0. The van der Waals surface area contributed by atoms with E-state index in [4.69, 9.17) is 5.11 Å². The van der Waals surface area contributed by atoms with Gasteiger partial charge in [0.1, 0.15) is 0 Å². The molecule has 1 amide bonds. The van der Waals surface area contributed by atoms with Crippen molar-refractivity contribution in [3.05, 3.63) is 0 Å². The number of amides is 1. The molecule has 0 fully saturated rings. The largest absolute Gasteiger partial charge is 0.464 e. The van der Waals surface area contributed by atoms with E-state index >= 15 is 0 Å². The summed E-state index contributed by atoms with van der Waals surface area (Å²) in [6.07, 6.45) is -12.3. The predicted octanol–water partition coefficient (Wildman–Crippen LogP) is 7.29. The van der Waals surface area contributed by atoms with E-state index in [1.54, 1.807) is 0 Å². The van der Waals surface area contributed by atoms with Crippen LogP contribution in [0.5, 0.6) is 0 Å². The molecular formula is C13H10F17NO2S2. The molecule has 0 aliphatic rings. The monoisotopic (exact) mass is 599 g/mol. The molecule has 0 spiro atoms. The number of thiol groups is 1. The molecule has 0 aliphatic heterocycles. The summed E-state index contributed by atoms with van der Waals surface area (Å²) in [5, 5.41) is 7.01. The quantitative estimate of drug-likeness (QED) is 0.149. The molecule has 0 saturated heterocycles. The molecule has 0 aromatic carbocycles. The van der Waals surface area contributed by atoms with E-state index in [9.17, 15) is 79.4 Å². The van der Waals surface area contributed by atoms with Crippen molar-refractivity contribution in [3.8, 4) is 0 Å². The van der Waals surface area contributed by atoms with Crippen molar-refractivity contribution in [2.24, 2.45) is 0 Å². The smallest absolute Gasteiger partial charge is 0.460 e. The van der Waals surface area contributed by atoms with Crippen molar-refractivity contribution in [2.75, 3.05) is 5.75 Å². The van der Waals surface area contributed by atoms with E-state index in [0.717, 1.165) is 6.92 Å². The van der Waals surface area contributed by atoms with Gasteiger partial charge in [0.2, 0.25) is 0 Å². The van der Waals surface area contributed by atoms with E-state index in [0.29, 0.717) is 0 Å². The highest BCUT2D eigenvalue weighted by Crippen LogP contribution is 2.64. The van der Waals surface area contributed by atoms with Crippen LogP contribution < -0.4 is 0 Å². The zero-order valence-electron chi connectivity index (χ0n) is 16.1. The average Bonchev–Trinajstić information content (AvgIpc) is 2.64. The summed E-state index contributed by atoms with van der Waals surface area (Å²) in [5.41, 5.74) is 0. The molecule has 1 unspecified atom stereocenters. The Balaban J connectivity index is 6.24. The molecule has 1 N–H and O–H groups in total. The average molecular weight is 599 g/mol. The van der Waals surface area contributed by atoms with Gasteiger partial charge in [0.15, 0.2) is 0 Å². The van der Waals surface area contributed by atoms with E-state index in [2.05, 4.69) is 12.8 Å². The second-order valence-electron chi connectivity index (χ2n) is 6.50. The summed E-state index contributed by atoms with van der Waals surface area (Å²) in [6.45, 7) is 0.855. The van der Waals surface area contributed by atoms with Gasteiger partial charge in [-0.2, -0.15) is 74.6 Å². The highest BCUT2D eigenvalue weighted by molar-refractivity contribution is 8.00. The van der Waals surface area contributed by atoms with Gasteiger partial charge in [0, 0.05) is 12.2 Å². The van der Waals surface area contributed by atoms with Crippen LogP contribution in [0.1, 0.15) is 13.3 Å². The first-order valence-corrected chi connectivity index (χ1v) is 9.48.